The number of rotatable bonds is 2. The van der Waals surface area contributed by atoms with Crippen molar-refractivity contribution in [1.29, 1.82) is 0 Å². The van der Waals surface area contributed by atoms with Gasteiger partial charge in [0.25, 0.3) is 5.91 Å². The Bertz CT molecular complexity index is 593. The molecule has 1 aromatic carbocycles. The summed E-state index contributed by atoms with van der Waals surface area (Å²) < 4.78 is 10.6. The van der Waals surface area contributed by atoms with Crippen molar-refractivity contribution < 1.29 is 14.3 Å². The van der Waals surface area contributed by atoms with E-state index >= 15 is 0 Å². The number of carbonyl (C=O) groups excluding carboxylic acids is 1. The SMILES string of the molecule is Cc1cc2c(cc1NC(=O)c1cccs1)OCO2. The normalized spacial score (nSPS) is 12.5. The van der Waals surface area contributed by atoms with Crippen LogP contribution in [0, 0.1) is 6.92 Å². The first-order valence-corrected chi connectivity index (χ1v) is 6.37. The molecule has 18 heavy (non-hydrogen) atoms. The zero-order chi connectivity index (χ0) is 12.5. The van der Waals surface area contributed by atoms with E-state index in [0.29, 0.717) is 10.6 Å². The highest BCUT2D eigenvalue weighted by Crippen LogP contribution is 2.36. The maximum Gasteiger partial charge on any atom is 0.265 e. The molecule has 0 saturated carbocycles. The molecule has 0 bridgehead atoms. The van der Waals surface area contributed by atoms with Gasteiger partial charge in [-0.3, -0.25) is 4.79 Å². The van der Waals surface area contributed by atoms with Crippen molar-refractivity contribution >= 4 is 22.9 Å². The Morgan fingerprint density at radius 1 is 1.33 bits per heavy atom. The summed E-state index contributed by atoms with van der Waals surface area (Å²) in [5.74, 6) is 1.29. The van der Waals surface area contributed by atoms with Crippen molar-refractivity contribution in [2.75, 3.05) is 12.1 Å². The molecule has 0 spiro atoms. The minimum absolute atomic E-state index is 0.105. The molecule has 92 valence electrons. The highest BCUT2D eigenvalue weighted by atomic mass is 32.1. The number of fused-ring (bicyclic) bond motifs is 1. The van der Waals surface area contributed by atoms with E-state index in [1.54, 1.807) is 12.1 Å². The Kier molecular flexibility index (Phi) is 2.68. The van der Waals surface area contributed by atoms with Crippen molar-refractivity contribution in [3.8, 4) is 11.5 Å². The van der Waals surface area contributed by atoms with Gasteiger partial charge in [-0.05, 0) is 30.0 Å². The first-order valence-electron chi connectivity index (χ1n) is 5.49. The number of ether oxygens (including phenoxy) is 2. The van der Waals surface area contributed by atoms with Crippen molar-refractivity contribution in [2.45, 2.75) is 6.92 Å². The fourth-order valence-electron chi connectivity index (χ4n) is 1.77. The fourth-order valence-corrected chi connectivity index (χ4v) is 2.39. The van der Waals surface area contributed by atoms with E-state index < -0.39 is 0 Å². The first-order chi connectivity index (χ1) is 8.74. The molecule has 0 radical (unpaired) electrons. The van der Waals surface area contributed by atoms with Gasteiger partial charge in [-0.2, -0.15) is 0 Å². The molecule has 0 unspecified atom stereocenters. The van der Waals surface area contributed by atoms with Crippen LogP contribution in [0.3, 0.4) is 0 Å². The van der Waals surface area contributed by atoms with Gasteiger partial charge in [0, 0.05) is 11.8 Å². The fraction of sp³-hybridized carbons (Fsp3) is 0.154. The molecule has 1 aliphatic rings. The van der Waals surface area contributed by atoms with Crippen LogP contribution in [-0.2, 0) is 0 Å². The first kappa shape index (κ1) is 11.1. The Labute approximate surface area is 108 Å². The molecule has 0 fully saturated rings. The third kappa shape index (κ3) is 1.93. The summed E-state index contributed by atoms with van der Waals surface area (Å²) in [6, 6.07) is 7.31. The van der Waals surface area contributed by atoms with Crippen molar-refractivity contribution in [3.05, 3.63) is 40.1 Å². The van der Waals surface area contributed by atoms with Crippen LogP contribution in [0.2, 0.25) is 0 Å². The van der Waals surface area contributed by atoms with E-state index in [2.05, 4.69) is 5.32 Å². The molecule has 1 amide bonds. The van der Waals surface area contributed by atoms with Crippen LogP contribution in [-0.4, -0.2) is 12.7 Å². The molecule has 0 saturated heterocycles. The lowest BCUT2D eigenvalue weighted by Gasteiger charge is -2.08. The maximum atomic E-state index is 12.0. The summed E-state index contributed by atoms with van der Waals surface area (Å²) in [6.45, 7) is 2.16. The molecule has 2 heterocycles. The topological polar surface area (TPSA) is 47.6 Å². The Balaban J connectivity index is 1.87. The van der Waals surface area contributed by atoms with Crippen molar-refractivity contribution in [3.63, 3.8) is 0 Å². The third-order valence-electron chi connectivity index (χ3n) is 2.71. The van der Waals surface area contributed by atoms with Gasteiger partial charge < -0.3 is 14.8 Å². The van der Waals surface area contributed by atoms with Crippen LogP contribution < -0.4 is 14.8 Å². The van der Waals surface area contributed by atoms with E-state index in [1.807, 2.05) is 24.4 Å². The number of benzene rings is 1. The highest BCUT2D eigenvalue weighted by molar-refractivity contribution is 7.12. The molecule has 5 heteroatoms. The quantitative estimate of drug-likeness (QED) is 0.903. The number of hydrogen-bond donors (Lipinski definition) is 1. The van der Waals surface area contributed by atoms with Gasteiger partial charge in [0.1, 0.15) is 0 Å². The number of carbonyl (C=O) groups is 1. The molecule has 1 aromatic heterocycles. The molecule has 2 aromatic rings. The van der Waals surface area contributed by atoms with Crippen LogP contribution in [0.25, 0.3) is 0 Å². The summed E-state index contributed by atoms with van der Waals surface area (Å²) >= 11 is 1.41. The van der Waals surface area contributed by atoms with Gasteiger partial charge in [0.15, 0.2) is 11.5 Å². The second-order valence-electron chi connectivity index (χ2n) is 3.95. The van der Waals surface area contributed by atoms with Crippen LogP contribution >= 0.6 is 11.3 Å². The lowest BCUT2D eigenvalue weighted by atomic mass is 10.1. The monoisotopic (exact) mass is 261 g/mol. The van der Waals surface area contributed by atoms with E-state index in [1.165, 1.54) is 11.3 Å². The number of amides is 1. The van der Waals surface area contributed by atoms with Crippen LogP contribution in [0.4, 0.5) is 5.69 Å². The van der Waals surface area contributed by atoms with Gasteiger partial charge in [0.05, 0.1) is 4.88 Å². The van der Waals surface area contributed by atoms with Crippen LogP contribution in [0.15, 0.2) is 29.6 Å². The van der Waals surface area contributed by atoms with Gasteiger partial charge in [-0.25, -0.2) is 0 Å². The molecular weight excluding hydrogens is 250 g/mol. The number of thiophene rings is 1. The predicted molar refractivity (Wildman–Crippen MR) is 69.6 cm³/mol. The third-order valence-corrected chi connectivity index (χ3v) is 3.58. The van der Waals surface area contributed by atoms with Crippen LogP contribution in [0.1, 0.15) is 15.2 Å². The molecule has 1 N–H and O–H groups in total. The molecule has 4 nitrogen and oxygen atoms in total. The largest absolute Gasteiger partial charge is 0.454 e. The summed E-state index contributed by atoms with van der Waals surface area (Å²) in [7, 11) is 0. The number of anilines is 1. The highest BCUT2D eigenvalue weighted by Gasteiger charge is 2.17. The Morgan fingerprint density at radius 2 is 2.11 bits per heavy atom. The molecule has 3 rings (SSSR count). The second-order valence-corrected chi connectivity index (χ2v) is 4.90. The summed E-state index contributed by atoms with van der Waals surface area (Å²) in [6.07, 6.45) is 0. The lowest BCUT2D eigenvalue weighted by molar-refractivity contribution is 0.103. The summed E-state index contributed by atoms with van der Waals surface area (Å²) in [5, 5.41) is 4.75. The van der Waals surface area contributed by atoms with Crippen molar-refractivity contribution in [1.82, 2.24) is 0 Å². The minimum atomic E-state index is -0.105. The maximum absolute atomic E-state index is 12.0. The van der Waals surface area contributed by atoms with E-state index in [-0.39, 0.29) is 12.7 Å². The number of hydrogen-bond acceptors (Lipinski definition) is 4. The smallest absolute Gasteiger partial charge is 0.265 e. The zero-order valence-electron chi connectivity index (χ0n) is 9.73. The lowest BCUT2D eigenvalue weighted by Crippen LogP contribution is -2.11. The van der Waals surface area contributed by atoms with Gasteiger partial charge in [-0.15, -0.1) is 11.3 Å². The average molecular weight is 261 g/mol. The number of aryl methyl sites for hydroxylation is 1. The van der Waals surface area contributed by atoms with Gasteiger partial charge in [-0.1, -0.05) is 6.07 Å². The number of nitrogens with one attached hydrogen (secondary N) is 1. The van der Waals surface area contributed by atoms with Gasteiger partial charge >= 0.3 is 0 Å². The molecule has 1 aliphatic heterocycles. The standard InChI is InChI=1S/C13H11NO3S/c1-8-5-10-11(17-7-16-10)6-9(8)14-13(15)12-3-2-4-18-12/h2-6H,7H2,1H3,(H,14,15). The second kappa shape index (κ2) is 4.34. The molecular formula is C13H11NO3S. The van der Waals surface area contributed by atoms with Gasteiger partial charge in [0.2, 0.25) is 6.79 Å². The molecule has 0 atom stereocenters. The average Bonchev–Trinajstić information content (AvgIpc) is 2.98. The Hall–Kier alpha value is -2.01. The van der Waals surface area contributed by atoms with Crippen molar-refractivity contribution in [2.24, 2.45) is 0 Å². The van der Waals surface area contributed by atoms with E-state index in [9.17, 15) is 4.79 Å². The summed E-state index contributed by atoms with van der Waals surface area (Å²) in [4.78, 5) is 12.6. The van der Waals surface area contributed by atoms with E-state index in [4.69, 9.17) is 9.47 Å². The predicted octanol–water partition coefficient (Wildman–Crippen LogP) is 3.04. The minimum Gasteiger partial charge on any atom is -0.454 e. The van der Waals surface area contributed by atoms with E-state index in [0.717, 1.165) is 17.0 Å². The zero-order valence-corrected chi connectivity index (χ0v) is 10.5. The summed E-state index contributed by atoms with van der Waals surface area (Å²) in [5.41, 5.74) is 1.70. The Morgan fingerprint density at radius 3 is 2.83 bits per heavy atom. The van der Waals surface area contributed by atoms with Crippen LogP contribution in [0.5, 0.6) is 11.5 Å². The molecule has 0 aliphatic carbocycles.